The minimum atomic E-state index is -0.353. The molecule has 1 atom stereocenters. The highest BCUT2D eigenvalue weighted by atomic mass is 16.3. The highest BCUT2D eigenvalue weighted by molar-refractivity contribution is 5.90. The van der Waals surface area contributed by atoms with Crippen LogP contribution in [0.25, 0.3) is 0 Å². The first-order valence-electron chi connectivity index (χ1n) is 11.8. The maximum Gasteiger partial charge on any atom is 0.224 e. The van der Waals surface area contributed by atoms with Gasteiger partial charge in [-0.1, -0.05) is 109 Å². The average Bonchev–Trinajstić information content (AvgIpc) is 2.70. The molecule has 0 radical (unpaired) electrons. The van der Waals surface area contributed by atoms with Crippen LogP contribution in [0.15, 0.2) is 30.3 Å². The second kappa shape index (κ2) is 17.7. The Hall–Kier alpha value is -1.35. The number of hydrogen-bond donors (Lipinski definition) is 2. The molecule has 0 aliphatic heterocycles. The van der Waals surface area contributed by atoms with Gasteiger partial charge >= 0.3 is 0 Å². The molecule has 28 heavy (non-hydrogen) atoms. The quantitative estimate of drug-likeness (QED) is 0.260. The van der Waals surface area contributed by atoms with Gasteiger partial charge in [-0.05, 0) is 25.0 Å². The van der Waals surface area contributed by atoms with E-state index in [0.717, 1.165) is 18.5 Å². The van der Waals surface area contributed by atoms with Crippen molar-refractivity contribution in [3.63, 3.8) is 0 Å². The molecule has 160 valence electrons. The molecule has 0 bridgehead atoms. The Morgan fingerprint density at radius 3 is 1.82 bits per heavy atom. The van der Waals surface area contributed by atoms with Crippen molar-refractivity contribution in [1.29, 1.82) is 0 Å². The van der Waals surface area contributed by atoms with Gasteiger partial charge in [0, 0.05) is 12.1 Å². The zero-order chi connectivity index (χ0) is 20.3. The second-order valence-electron chi connectivity index (χ2n) is 8.14. The fourth-order valence-electron chi connectivity index (χ4n) is 3.58. The number of carbonyl (C=O) groups is 1. The van der Waals surface area contributed by atoms with Gasteiger partial charge in [0.15, 0.2) is 0 Å². The zero-order valence-corrected chi connectivity index (χ0v) is 18.1. The smallest absolute Gasteiger partial charge is 0.224 e. The first-order chi connectivity index (χ1) is 13.7. The number of unbranched alkanes of at least 4 members (excludes halogenated alkanes) is 12. The van der Waals surface area contributed by atoms with E-state index in [1.54, 1.807) is 0 Å². The van der Waals surface area contributed by atoms with E-state index in [1.165, 1.54) is 77.0 Å². The summed E-state index contributed by atoms with van der Waals surface area (Å²) in [5.41, 5.74) is 0.818. The van der Waals surface area contributed by atoms with Gasteiger partial charge in [-0.2, -0.15) is 0 Å². The molecule has 0 saturated carbocycles. The molecular formula is C25H43NO2. The lowest BCUT2D eigenvalue weighted by Crippen LogP contribution is -2.15. The number of rotatable bonds is 18. The van der Waals surface area contributed by atoms with Crippen molar-refractivity contribution in [3.8, 4) is 0 Å². The number of hydrogen-bond acceptors (Lipinski definition) is 2. The van der Waals surface area contributed by atoms with Crippen molar-refractivity contribution in [1.82, 2.24) is 0 Å². The van der Waals surface area contributed by atoms with E-state index in [0.29, 0.717) is 12.8 Å². The van der Waals surface area contributed by atoms with Crippen molar-refractivity contribution >= 4 is 11.6 Å². The monoisotopic (exact) mass is 389 g/mol. The average molecular weight is 390 g/mol. The normalized spacial score (nSPS) is 12.1. The molecule has 3 heteroatoms. The molecule has 1 unspecified atom stereocenters. The standard InChI is InChI=1S/C25H43NO2/c1-2-3-4-5-6-7-8-9-10-11-12-13-17-20-24(27)21-22-25(28)26-23-18-15-14-16-19-23/h14-16,18-19,24,27H,2-13,17,20-22H2,1H3,(H,26,28). The molecular weight excluding hydrogens is 346 g/mol. The molecule has 1 rings (SSSR count). The molecule has 3 nitrogen and oxygen atoms in total. The molecule has 1 amide bonds. The summed E-state index contributed by atoms with van der Waals surface area (Å²) in [7, 11) is 0. The highest BCUT2D eigenvalue weighted by Crippen LogP contribution is 2.14. The van der Waals surface area contributed by atoms with Crippen LogP contribution in [-0.4, -0.2) is 17.1 Å². The van der Waals surface area contributed by atoms with Crippen LogP contribution < -0.4 is 5.32 Å². The summed E-state index contributed by atoms with van der Waals surface area (Å²) in [6.45, 7) is 2.27. The number of benzene rings is 1. The largest absolute Gasteiger partial charge is 0.393 e. The highest BCUT2D eigenvalue weighted by Gasteiger charge is 2.08. The van der Waals surface area contributed by atoms with Crippen LogP contribution in [0, 0.1) is 0 Å². The van der Waals surface area contributed by atoms with Crippen LogP contribution >= 0.6 is 0 Å². The molecule has 1 aromatic carbocycles. The summed E-state index contributed by atoms with van der Waals surface area (Å²) in [5.74, 6) is -0.0180. The van der Waals surface area contributed by atoms with Gasteiger partial charge in [-0.15, -0.1) is 0 Å². The Morgan fingerprint density at radius 1 is 0.786 bits per heavy atom. The molecule has 0 aromatic heterocycles. The molecule has 0 aliphatic carbocycles. The Balaban J connectivity index is 1.85. The Bertz CT molecular complexity index is 475. The SMILES string of the molecule is CCCCCCCCCCCCCCCC(O)CCC(=O)Nc1ccccc1. The number of nitrogens with one attached hydrogen (secondary N) is 1. The number of carbonyl (C=O) groups excluding carboxylic acids is 1. The Labute approximate surface area is 173 Å². The third-order valence-corrected chi connectivity index (χ3v) is 5.40. The summed E-state index contributed by atoms with van der Waals surface area (Å²) in [6.07, 6.45) is 18.8. The predicted octanol–water partition coefficient (Wildman–Crippen LogP) is 7.25. The molecule has 0 fully saturated rings. The summed E-state index contributed by atoms with van der Waals surface area (Å²) < 4.78 is 0. The molecule has 0 aliphatic rings. The minimum Gasteiger partial charge on any atom is -0.393 e. The lowest BCUT2D eigenvalue weighted by atomic mass is 10.0. The van der Waals surface area contributed by atoms with Gasteiger partial charge in [0.1, 0.15) is 0 Å². The van der Waals surface area contributed by atoms with E-state index in [2.05, 4.69) is 12.2 Å². The van der Waals surface area contributed by atoms with Crippen LogP contribution in [0.4, 0.5) is 5.69 Å². The predicted molar refractivity (Wildman–Crippen MR) is 121 cm³/mol. The lowest BCUT2D eigenvalue weighted by Gasteiger charge is -2.10. The van der Waals surface area contributed by atoms with Crippen molar-refractivity contribution in [3.05, 3.63) is 30.3 Å². The van der Waals surface area contributed by atoms with E-state index in [9.17, 15) is 9.90 Å². The van der Waals surface area contributed by atoms with E-state index in [4.69, 9.17) is 0 Å². The molecule has 0 heterocycles. The third-order valence-electron chi connectivity index (χ3n) is 5.40. The van der Waals surface area contributed by atoms with Crippen LogP contribution in [0.3, 0.4) is 0 Å². The maximum atomic E-state index is 11.9. The number of para-hydroxylation sites is 1. The van der Waals surface area contributed by atoms with Gasteiger partial charge in [0.05, 0.1) is 6.10 Å². The zero-order valence-electron chi connectivity index (χ0n) is 18.1. The van der Waals surface area contributed by atoms with Gasteiger partial charge in [0.25, 0.3) is 0 Å². The van der Waals surface area contributed by atoms with Gasteiger partial charge < -0.3 is 10.4 Å². The summed E-state index contributed by atoms with van der Waals surface area (Å²) in [6, 6.07) is 9.48. The van der Waals surface area contributed by atoms with Crippen LogP contribution in [0.5, 0.6) is 0 Å². The maximum absolute atomic E-state index is 11.9. The summed E-state index contributed by atoms with van der Waals surface area (Å²) >= 11 is 0. The minimum absolute atomic E-state index is 0.0180. The summed E-state index contributed by atoms with van der Waals surface area (Å²) in [5, 5.41) is 12.9. The summed E-state index contributed by atoms with van der Waals surface area (Å²) in [4.78, 5) is 11.9. The molecule has 1 aromatic rings. The van der Waals surface area contributed by atoms with Gasteiger partial charge in [-0.3, -0.25) is 4.79 Å². The van der Waals surface area contributed by atoms with Crippen molar-refractivity contribution in [2.75, 3.05) is 5.32 Å². The van der Waals surface area contributed by atoms with Crippen LogP contribution in [0.1, 0.15) is 110 Å². The van der Waals surface area contributed by atoms with Crippen LogP contribution in [-0.2, 0) is 4.79 Å². The van der Waals surface area contributed by atoms with E-state index >= 15 is 0 Å². The first kappa shape index (κ1) is 24.7. The first-order valence-corrected chi connectivity index (χ1v) is 11.8. The van der Waals surface area contributed by atoms with E-state index in [-0.39, 0.29) is 12.0 Å². The third kappa shape index (κ3) is 14.7. The van der Waals surface area contributed by atoms with Gasteiger partial charge in [0.2, 0.25) is 5.91 Å². The Morgan fingerprint density at radius 2 is 1.29 bits per heavy atom. The fourth-order valence-corrected chi connectivity index (χ4v) is 3.58. The topological polar surface area (TPSA) is 49.3 Å². The van der Waals surface area contributed by atoms with Crippen molar-refractivity contribution in [2.24, 2.45) is 0 Å². The fraction of sp³-hybridized carbons (Fsp3) is 0.720. The number of aliphatic hydroxyl groups excluding tert-OH is 1. The van der Waals surface area contributed by atoms with E-state index < -0.39 is 0 Å². The molecule has 0 saturated heterocycles. The van der Waals surface area contributed by atoms with Gasteiger partial charge in [-0.25, -0.2) is 0 Å². The second-order valence-corrected chi connectivity index (χ2v) is 8.14. The van der Waals surface area contributed by atoms with Crippen molar-refractivity contribution < 1.29 is 9.90 Å². The van der Waals surface area contributed by atoms with Crippen LogP contribution in [0.2, 0.25) is 0 Å². The Kier molecular flexibility index (Phi) is 15.6. The van der Waals surface area contributed by atoms with Crippen molar-refractivity contribution in [2.45, 2.75) is 116 Å². The number of amides is 1. The van der Waals surface area contributed by atoms with E-state index in [1.807, 2.05) is 30.3 Å². The lowest BCUT2D eigenvalue weighted by molar-refractivity contribution is -0.116. The molecule has 2 N–H and O–H groups in total. The number of aliphatic hydroxyl groups is 1. The molecule has 0 spiro atoms. The number of anilines is 1.